The molecule has 1 aromatic rings. The molecule has 1 N–H and O–H groups in total. The number of nitrogens with zero attached hydrogens (tertiary/aromatic N) is 2. The smallest absolute Gasteiger partial charge is 0.193 e. The van der Waals surface area contributed by atoms with E-state index in [0.717, 1.165) is 50.9 Å². The minimum atomic E-state index is -0.171. The van der Waals surface area contributed by atoms with Crippen molar-refractivity contribution in [3.05, 3.63) is 29.8 Å². The predicted octanol–water partition coefficient (Wildman–Crippen LogP) is 1.90. The molecule has 0 saturated carbocycles. The molecule has 0 radical (unpaired) electrons. The molecule has 0 atom stereocenters. The number of hydrogen-bond acceptors (Lipinski definition) is 4. The summed E-state index contributed by atoms with van der Waals surface area (Å²) >= 11 is 0. The summed E-state index contributed by atoms with van der Waals surface area (Å²) in [6, 6.07) is 8.08. The van der Waals surface area contributed by atoms with E-state index < -0.39 is 0 Å². The Morgan fingerprint density at radius 3 is 2.46 bits per heavy atom. The highest BCUT2D eigenvalue weighted by molar-refractivity contribution is 5.79. The van der Waals surface area contributed by atoms with Gasteiger partial charge in [0.25, 0.3) is 0 Å². The molecule has 6 heteroatoms. The average Bonchev–Trinajstić information content (AvgIpc) is 2.63. The molecular formula is C18H29N3O3. The maximum atomic E-state index is 5.77. The molecule has 0 spiro atoms. The third-order valence-corrected chi connectivity index (χ3v) is 4.56. The number of rotatable bonds is 6. The van der Waals surface area contributed by atoms with Crippen molar-refractivity contribution in [2.45, 2.75) is 25.0 Å². The molecule has 1 aromatic carbocycles. The Bertz CT molecular complexity index is 525. The van der Waals surface area contributed by atoms with Crippen LogP contribution in [0.15, 0.2) is 29.3 Å². The number of methoxy groups -OCH3 is 2. The van der Waals surface area contributed by atoms with Crippen LogP contribution in [-0.4, -0.2) is 64.5 Å². The van der Waals surface area contributed by atoms with Crippen LogP contribution in [0.2, 0.25) is 0 Å². The van der Waals surface area contributed by atoms with E-state index in [4.69, 9.17) is 14.2 Å². The van der Waals surface area contributed by atoms with Gasteiger partial charge in [-0.1, -0.05) is 12.1 Å². The molecule has 1 aliphatic heterocycles. The van der Waals surface area contributed by atoms with Crippen LogP contribution in [-0.2, 0) is 16.0 Å². The largest absolute Gasteiger partial charge is 0.497 e. The Kier molecular flexibility index (Phi) is 6.87. The topological polar surface area (TPSA) is 55.3 Å². The molecule has 1 saturated heterocycles. The Balaban J connectivity index is 1.92. The van der Waals surface area contributed by atoms with Gasteiger partial charge in [0.2, 0.25) is 0 Å². The van der Waals surface area contributed by atoms with Crippen LogP contribution in [0, 0.1) is 0 Å². The second-order valence-corrected chi connectivity index (χ2v) is 6.10. The zero-order valence-electron chi connectivity index (χ0n) is 15.2. The maximum Gasteiger partial charge on any atom is 0.193 e. The lowest BCUT2D eigenvalue weighted by Crippen LogP contribution is -2.50. The highest BCUT2D eigenvalue weighted by Crippen LogP contribution is 2.23. The summed E-state index contributed by atoms with van der Waals surface area (Å²) in [6.45, 7) is 2.99. The van der Waals surface area contributed by atoms with Crippen LogP contribution in [0.25, 0.3) is 0 Å². The molecule has 0 aliphatic carbocycles. The molecule has 0 unspecified atom stereocenters. The fraction of sp³-hybridized carbons (Fsp3) is 0.611. The first-order valence-electron chi connectivity index (χ1n) is 8.30. The first-order chi connectivity index (χ1) is 11.6. The minimum Gasteiger partial charge on any atom is -0.497 e. The van der Waals surface area contributed by atoms with Gasteiger partial charge < -0.3 is 24.4 Å². The summed E-state index contributed by atoms with van der Waals surface area (Å²) in [4.78, 5) is 6.49. The number of hydrogen-bond donors (Lipinski definition) is 1. The van der Waals surface area contributed by atoms with Crippen LogP contribution in [0.5, 0.6) is 5.75 Å². The number of nitrogens with one attached hydrogen (secondary N) is 1. The molecule has 1 fully saturated rings. The quantitative estimate of drug-likeness (QED) is 0.636. The number of guanidine groups is 1. The molecule has 0 bridgehead atoms. The van der Waals surface area contributed by atoms with Gasteiger partial charge in [0.05, 0.1) is 12.7 Å². The van der Waals surface area contributed by atoms with Crippen LogP contribution in [0.3, 0.4) is 0 Å². The SMILES string of the molecule is CN=C(NCC1(OC)CCOCC1)N(C)Cc1ccc(OC)cc1. The highest BCUT2D eigenvalue weighted by Gasteiger charge is 2.32. The van der Waals surface area contributed by atoms with Crippen molar-refractivity contribution in [3.8, 4) is 5.75 Å². The van der Waals surface area contributed by atoms with E-state index in [1.807, 2.05) is 19.2 Å². The van der Waals surface area contributed by atoms with E-state index >= 15 is 0 Å². The Labute approximate surface area is 144 Å². The van der Waals surface area contributed by atoms with E-state index in [1.54, 1.807) is 21.3 Å². The van der Waals surface area contributed by atoms with Gasteiger partial charge in [0.15, 0.2) is 5.96 Å². The second kappa shape index (κ2) is 8.89. The minimum absolute atomic E-state index is 0.171. The van der Waals surface area contributed by atoms with Crippen molar-refractivity contribution < 1.29 is 14.2 Å². The summed E-state index contributed by atoms with van der Waals surface area (Å²) in [6.07, 6.45) is 1.80. The first kappa shape index (κ1) is 18.5. The Morgan fingerprint density at radius 2 is 1.92 bits per heavy atom. The van der Waals surface area contributed by atoms with Crippen molar-refractivity contribution in [2.24, 2.45) is 4.99 Å². The van der Waals surface area contributed by atoms with Gasteiger partial charge in [0.1, 0.15) is 5.75 Å². The fourth-order valence-corrected chi connectivity index (χ4v) is 2.90. The highest BCUT2D eigenvalue weighted by atomic mass is 16.5. The summed E-state index contributed by atoms with van der Waals surface area (Å²) in [5, 5.41) is 3.44. The van der Waals surface area contributed by atoms with Crippen molar-refractivity contribution in [1.29, 1.82) is 0 Å². The fourth-order valence-electron chi connectivity index (χ4n) is 2.90. The summed E-state index contributed by atoms with van der Waals surface area (Å²) < 4.78 is 16.4. The monoisotopic (exact) mass is 335 g/mol. The van der Waals surface area contributed by atoms with E-state index in [9.17, 15) is 0 Å². The van der Waals surface area contributed by atoms with Gasteiger partial charge in [-0.15, -0.1) is 0 Å². The van der Waals surface area contributed by atoms with E-state index in [1.165, 1.54) is 5.56 Å². The number of benzene rings is 1. The molecule has 0 aromatic heterocycles. The van der Waals surface area contributed by atoms with Gasteiger partial charge in [-0.3, -0.25) is 4.99 Å². The van der Waals surface area contributed by atoms with Gasteiger partial charge >= 0.3 is 0 Å². The van der Waals surface area contributed by atoms with Gasteiger partial charge in [0, 0.05) is 60.4 Å². The van der Waals surface area contributed by atoms with Gasteiger partial charge in [-0.25, -0.2) is 0 Å². The van der Waals surface area contributed by atoms with E-state index in [0.29, 0.717) is 0 Å². The molecule has 0 amide bonds. The van der Waals surface area contributed by atoms with E-state index in [2.05, 4.69) is 27.3 Å². The standard InChI is InChI=1S/C18H29N3O3/c1-19-17(20-14-18(23-4)9-11-24-12-10-18)21(2)13-15-5-7-16(22-3)8-6-15/h5-8H,9-14H2,1-4H3,(H,19,20). The van der Waals surface area contributed by atoms with Crippen LogP contribution >= 0.6 is 0 Å². The van der Waals surface area contributed by atoms with Crippen LogP contribution in [0.4, 0.5) is 0 Å². The lowest BCUT2D eigenvalue weighted by molar-refractivity contribution is -0.0857. The van der Waals surface area contributed by atoms with Crippen molar-refractivity contribution in [3.63, 3.8) is 0 Å². The zero-order valence-corrected chi connectivity index (χ0v) is 15.2. The second-order valence-electron chi connectivity index (χ2n) is 6.10. The van der Waals surface area contributed by atoms with Crippen molar-refractivity contribution >= 4 is 5.96 Å². The molecule has 6 nitrogen and oxygen atoms in total. The average molecular weight is 335 g/mol. The summed E-state index contributed by atoms with van der Waals surface area (Å²) in [5.41, 5.74) is 1.03. The molecule has 24 heavy (non-hydrogen) atoms. The lowest BCUT2D eigenvalue weighted by atomic mass is 9.94. The third-order valence-electron chi connectivity index (χ3n) is 4.56. The van der Waals surface area contributed by atoms with Gasteiger partial charge in [-0.2, -0.15) is 0 Å². The van der Waals surface area contributed by atoms with Gasteiger partial charge in [-0.05, 0) is 17.7 Å². The van der Waals surface area contributed by atoms with E-state index in [-0.39, 0.29) is 5.60 Å². The number of ether oxygens (including phenoxy) is 3. The third kappa shape index (κ3) is 4.85. The predicted molar refractivity (Wildman–Crippen MR) is 95.6 cm³/mol. The maximum absolute atomic E-state index is 5.77. The lowest BCUT2D eigenvalue weighted by Gasteiger charge is -2.37. The Hall–Kier alpha value is -1.79. The normalized spacial score (nSPS) is 17.4. The molecule has 1 aliphatic rings. The summed E-state index contributed by atoms with van der Waals surface area (Å²) in [5.74, 6) is 1.72. The molecule has 134 valence electrons. The van der Waals surface area contributed by atoms with Crippen LogP contribution < -0.4 is 10.1 Å². The summed E-state index contributed by atoms with van der Waals surface area (Å²) in [7, 11) is 7.28. The Morgan fingerprint density at radius 1 is 1.25 bits per heavy atom. The van der Waals surface area contributed by atoms with Crippen LogP contribution in [0.1, 0.15) is 18.4 Å². The molecular weight excluding hydrogens is 306 g/mol. The zero-order chi connectivity index (χ0) is 17.4. The van der Waals surface area contributed by atoms with Crippen molar-refractivity contribution in [1.82, 2.24) is 10.2 Å². The molecule has 1 heterocycles. The molecule has 2 rings (SSSR count). The first-order valence-corrected chi connectivity index (χ1v) is 8.30. The van der Waals surface area contributed by atoms with Crippen molar-refractivity contribution in [2.75, 3.05) is 48.1 Å². The number of aliphatic imine (C=N–C) groups is 1.